The maximum atomic E-state index is 11.6. The SMILES string of the molecule is O=C(O)c1cc(-c2ccc(-c3cncnc3)cc2)nc2ccccc12. The average Bonchev–Trinajstić information content (AvgIpc) is 2.68. The van der Waals surface area contributed by atoms with Crippen molar-refractivity contribution in [3.63, 3.8) is 0 Å². The molecule has 2 heterocycles. The number of fused-ring (bicyclic) bond motifs is 1. The lowest BCUT2D eigenvalue weighted by Gasteiger charge is -2.08. The van der Waals surface area contributed by atoms with E-state index in [1.54, 1.807) is 24.5 Å². The smallest absolute Gasteiger partial charge is 0.336 e. The monoisotopic (exact) mass is 327 g/mol. The van der Waals surface area contributed by atoms with Gasteiger partial charge in [-0.3, -0.25) is 0 Å². The second-order valence-electron chi connectivity index (χ2n) is 5.58. The van der Waals surface area contributed by atoms with Crippen LogP contribution in [-0.4, -0.2) is 26.0 Å². The molecular formula is C20H13N3O2. The van der Waals surface area contributed by atoms with Crippen LogP contribution in [-0.2, 0) is 0 Å². The largest absolute Gasteiger partial charge is 0.478 e. The summed E-state index contributed by atoms with van der Waals surface area (Å²) in [6, 6.07) is 16.6. The Kier molecular flexibility index (Phi) is 3.67. The van der Waals surface area contributed by atoms with Crippen LogP contribution < -0.4 is 0 Å². The number of para-hydroxylation sites is 1. The summed E-state index contributed by atoms with van der Waals surface area (Å²) in [7, 11) is 0. The Morgan fingerprint density at radius 3 is 2.24 bits per heavy atom. The zero-order valence-corrected chi connectivity index (χ0v) is 13.1. The Balaban J connectivity index is 1.81. The van der Waals surface area contributed by atoms with Crippen LogP contribution in [0.1, 0.15) is 10.4 Å². The van der Waals surface area contributed by atoms with Gasteiger partial charge in [0.05, 0.1) is 16.8 Å². The molecule has 4 aromatic rings. The molecule has 2 aromatic carbocycles. The molecule has 0 spiro atoms. The van der Waals surface area contributed by atoms with Crippen LogP contribution in [0.5, 0.6) is 0 Å². The zero-order valence-electron chi connectivity index (χ0n) is 13.1. The van der Waals surface area contributed by atoms with E-state index in [1.165, 1.54) is 6.33 Å². The van der Waals surface area contributed by atoms with Crippen LogP contribution in [0.15, 0.2) is 73.3 Å². The summed E-state index contributed by atoms with van der Waals surface area (Å²) in [5.41, 5.74) is 4.32. The van der Waals surface area contributed by atoms with Crippen LogP contribution in [0.4, 0.5) is 0 Å². The molecule has 0 fully saturated rings. The maximum Gasteiger partial charge on any atom is 0.336 e. The molecule has 0 saturated carbocycles. The molecule has 1 N–H and O–H groups in total. The number of rotatable bonds is 3. The van der Waals surface area contributed by atoms with Gasteiger partial charge in [0.2, 0.25) is 0 Å². The van der Waals surface area contributed by atoms with Gasteiger partial charge in [-0.05, 0) is 17.7 Å². The van der Waals surface area contributed by atoms with Gasteiger partial charge in [0.25, 0.3) is 0 Å². The van der Waals surface area contributed by atoms with E-state index in [9.17, 15) is 9.90 Å². The molecule has 5 heteroatoms. The third-order valence-corrected chi connectivity index (χ3v) is 4.02. The first kappa shape index (κ1) is 15.0. The van der Waals surface area contributed by atoms with Crippen LogP contribution in [0.25, 0.3) is 33.3 Å². The normalized spacial score (nSPS) is 10.7. The molecule has 4 rings (SSSR count). The van der Waals surface area contributed by atoms with Crippen molar-refractivity contribution in [1.82, 2.24) is 15.0 Å². The summed E-state index contributed by atoms with van der Waals surface area (Å²) < 4.78 is 0. The third kappa shape index (κ3) is 2.83. The quantitative estimate of drug-likeness (QED) is 0.614. The summed E-state index contributed by atoms with van der Waals surface area (Å²) in [5.74, 6) is -0.960. The second kappa shape index (κ2) is 6.13. The fraction of sp³-hybridized carbons (Fsp3) is 0. The molecule has 25 heavy (non-hydrogen) atoms. The minimum Gasteiger partial charge on any atom is -0.478 e. The zero-order chi connectivity index (χ0) is 17.2. The lowest BCUT2D eigenvalue weighted by atomic mass is 10.0. The lowest BCUT2D eigenvalue weighted by molar-refractivity contribution is 0.0699. The van der Waals surface area contributed by atoms with E-state index >= 15 is 0 Å². The van der Waals surface area contributed by atoms with Crippen molar-refractivity contribution in [2.75, 3.05) is 0 Å². The summed E-state index contributed by atoms with van der Waals surface area (Å²) in [4.78, 5) is 24.2. The van der Waals surface area contributed by atoms with Crippen LogP contribution >= 0.6 is 0 Å². The number of pyridine rings is 1. The second-order valence-corrected chi connectivity index (χ2v) is 5.58. The van der Waals surface area contributed by atoms with Crippen molar-refractivity contribution in [3.8, 4) is 22.4 Å². The van der Waals surface area contributed by atoms with E-state index in [-0.39, 0.29) is 5.56 Å². The summed E-state index contributed by atoms with van der Waals surface area (Å²) in [5, 5.41) is 10.1. The van der Waals surface area contributed by atoms with Gasteiger partial charge in [-0.25, -0.2) is 19.7 Å². The first-order valence-corrected chi connectivity index (χ1v) is 7.71. The Bertz CT molecular complexity index is 1060. The Morgan fingerprint density at radius 1 is 0.840 bits per heavy atom. The van der Waals surface area contributed by atoms with Gasteiger partial charge >= 0.3 is 5.97 Å². The predicted molar refractivity (Wildman–Crippen MR) is 95.2 cm³/mol. The molecule has 0 radical (unpaired) electrons. The number of carboxylic acids is 1. The van der Waals surface area contributed by atoms with E-state index < -0.39 is 5.97 Å². The number of carbonyl (C=O) groups is 1. The maximum absolute atomic E-state index is 11.6. The van der Waals surface area contributed by atoms with Gasteiger partial charge in [0, 0.05) is 28.9 Å². The van der Waals surface area contributed by atoms with Gasteiger partial charge in [-0.2, -0.15) is 0 Å². The number of aromatic nitrogens is 3. The van der Waals surface area contributed by atoms with Crippen molar-refractivity contribution in [2.45, 2.75) is 0 Å². The molecule has 0 amide bonds. The molecule has 0 bridgehead atoms. The van der Waals surface area contributed by atoms with Crippen LogP contribution in [0, 0.1) is 0 Å². The van der Waals surface area contributed by atoms with Crippen molar-refractivity contribution in [1.29, 1.82) is 0 Å². The minimum atomic E-state index is -0.960. The molecule has 0 aliphatic heterocycles. The molecule has 120 valence electrons. The molecular weight excluding hydrogens is 314 g/mol. The van der Waals surface area contributed by atoms with Crippen molar-refractivity contribution in [3.05, 3.63) is 78.9 Å². The molecule has 5 nitrogen and oxygen atoms in total. The summed E-state index contributed by atoms with van der Waals surface area (Å²) in [6.45, 7) is 0. The van der Waals surface area contributed by atoms with E-state index in [4.69, 9.17) is 0 Å². The fourth-order valence-electron chi connectivity index (χ4n) is 2.78. The number of benzene rings is 2. The summed E-state index contributed by atoms with van der Waals surface area (Å²) >= 11 is 0. The van der Waals surface area contributed by atoms with Crippen LogP contribution in [0.3, 0.4) is 0 Å². The molecule has 0 aliphatic carbocycles. The van der Waals surface area contributed by atoms with E-state index in [2.05, 4.69) is 15.0 Å². The molecule has 0 aliphatic rings. The number of carboxylic acid groups (broad SMARTS) is 1. The highest BCUT2D eigenvalue weighted by atomic mass is 16.4. The Hall–Kier alpha value is -3.60. The van der Waals surface area contributed by atoms with Crippen molar-refractivity contribution < 1.29 is 9.90 Å². The van der Waals surface area contributed by atoms with Crippen LogP contribution in [0.2, 0.25) is 0 Å². The van der Waals surface area contributed by atoms with Gasteiger partial charge in [0.15, 0.2) is 0 Å². The highest BCUT2D eigenvalue weighted by Crippen LogP contribution is 2.27. The van der Waals surface area contributed by atoms with Gasteiger partial charge < -0.3 is 5.11 Å². The highest BCUT2D eigenvalue weighted by Gasteiger charge is 2.12. The standard InChI is InChI=1S/C20H13N3O2/c24-20(25)17-9-19(23-18-4-2-1-3-16(17)18)14-7-5-13(6-8-14)15-10-21-12-22-11-15/h1-12H,(H,24,25). The number of aromatic carboxylic acids is 1. The van der Waals surface area contributed by atoms with Crippen molar-refractivity contribution in [2.24, 2.45) is 0 Å². The topological polar surface area (TPSA) is 76.0 Å². The van der Waals surface area contributed by atoms with Gasteiger partial charge in [-0.1, -0.05) is 42.5 Å². The average molecular weight is 327 g/mol. The predicted octanol–water partition coefficient (Wildman–Crippen LogP) is 4.06. The third-order valence-electron chi connectivity index (χ3n) is 4.02. The first-order chi connectivity index (χ1) is 12.2. The molecule has 0 atom stereocenters. The van der Waals surface area contributed by atoms with Gasteiger partial charge in [0.1, 0.15) is 6.33 Å². The molecule has 2 aromatic heterocycles. The molecule has 0 unspecified atom stereocenters. The lowest BCUT2D eigenvalue weighted by Crippen LogP contribution is -2.00. The highest BCUT2D eigenvalue weighted by molar-refractivity contribution is 6.03. The Labute approximate surface area is 143 Å². The van der Waals surface area contributed by atoms with E-state index in [0.717, 1.165) is 16.7 Å². The number of hydrogen-bond donors (Lipinski definition) is 1. The van der Waals surface area contributed by atoms with Gasteiger partial charge in [-0.15, -0.1) is 0 Å². The number of nitrogens with zero attached hydrogens (tertiary/aromatic N) is 3. The summed E-state index contributed by atoms with van der Waals surface area (Å²) in [6.07, 6.45) is 4.99. The molecule has 0 saturated heterocycles. The van der Waals surface area contributed by atoms with Crippen molar-refractivity contribution >= 4 is 16.9 Å². The Morgan fingerprint density at radius 2 is 1.52 bits per heavy atom. The van der Waals surface area contributed by atoms with E-state index in [1.807, 2.05) is 42.5 Å². The minimum absolute atomic E-state index is 0.251. The first-order valence-electron chi connectivity index (χ1n) is 7.71. The van der Waals surface area contributed by atoms with E-state index in [0.29, 0.717) is 16.6 Å². The number of hydrogen-bond acceptors (Lipinski definition) is 4. The fourth-order valence-corrected chi connectivity index (χ4v) is 2.78.